The largest absolute Gasteiger partial charge is 0.497 e. The number of ether oxygens (including phenoxy) is 1. The number of nitrogens with zero attached hydrogens (tertiary/aromatic N) is 1. The summed E-state index contributed by atoms with van der Waals surface area (Å²) in [7, 11) is 1.63. The highest BCUT2D eigenvalue weighted by Gasteiger charge is 2.24. The average Bonchev–Trinajstić information content (AvgIpc) is 3.29. The minimum absolute atomic E-state index is 0.0345. The van der Waals surface area contributed by atoms with Crippen LogP contribution < -0.4 is 15.4 Å². The van der Waals surface area contributed by atoms with Crippen molar-refractivity contribution in [1.82, 2.24) is 10.6 Å². The fraction of sp³-hybridized carbons (Fsp3) is 0.444. The van der Waals surface area contributed by atoms with E-state index >= 15 is 0 Å². The molecule has 134 valence electrons. The minimum atomic E-state index is -0.241. The van der Waals surface area contributed by atoms with Gasteiger partial charge in [0.05, 0.1) is 19.4 Å². The predicted octanol–water partition coefficient (Wildman–Crippen LogP) is 1.42. The second-order valence-electron chi connectivity index (χ2n) is 6.22. The number of carbonyl (C=O) groups is 1. The van der Waals surface area contributed by atoms with Gasteiger partial charge in [0.25, 0.3) is 0 Å². The number of methoxy groups -OCH3 is 1. The lowest BCUT2D eigenvalue weighted by Crippen LogP contribution is -2.43. The summed E-state index contributed by atoms with van der Waals surface area (Å²) in [5.41, 5.74) is 1.85. The summed E-state index contributed by atoms with van der Waals surface area (Å²) in [6, 6.07) is 7.36. The van der Waals surface area contributed by atoms with Gasteiger partial charge in [0, 0.05) is 25.0 Å². The van der Waals surface area contributed by atoms with E-state index in [0.29, 0.717) is 13.0 Å². The van der Waals surface area contributed by atoms with E-state index in [4.69, 9.17) is 14.7 Å². The maximum atomic E-state index is 11.9. The van der Waals surface area contributed by atoms with E-state index in [-0.39, 0.29) is 30.7 Å². The minimum Gasteiger partial charge on any atom is -0.497 e. The van der Waals surface area contributed by atoms with Crippen LogP contribution in [-0.4, -0.2) is 49.3 Å². The third-order valence-corrected chi connectivity index (χ3v) is 4.37. The van der Waals surface area contributed by atoms with E-state index in [1.807, 2.05) is 36.4 Å². The highest BCUT2D eigenvalue weighted by Crippen LogP contribution is 2.19. The number of oxime groups is 1. The first-order chi connectivity index (χ1) is 12.2. The molecule has 0 spiro atoms. The Morgan fingerprint density at radius 1 is 1.36 bits per heavy atom. The van der Waals surface area contributed by atoms with Gasteiger partial charge < -0.3 is 25.3 Å². The molecule has 3 N–H and O–H groups in total. The monoisotopic (exact) mass is 345 g/mol. The van der Waals surface area contributed by atoms with Crippen molar-refractivity contribution in [3.63, 3.8) is 0 Å². The van der Waals surface area contributed by atoms with E-state index in [1.54, 1.807) is 7.11 Å². The van der Waals surface area contributed by atoms with Crippen molar-refractivity contribution in [2.24, 2.45) is 11.1 Å². The molecular formula is C18H23N3O4. The van der Waals surface area contributed by atoms with Gasteiger partial charge in [0.2, 0.25) is 0 Å². The molecule has 2 aliphatic rings. The number of nitrogens with one attached hydrogen (secondary N) is 2. The van der Waals surface area contributed by atoms with Crippen LogP contribution in [0.1, 0.15) is 18.4 Å². The van der Waals surface area contributed by atoms with Crippen LogP contribution in [0.3, 0.4) is 0 Å². The van der Waals surface area contributed by atoms with E-state index in [2.05, 4.69) is 15.8 Å². The maximum absolute atomic E-state index is 11.9. The average molecular weight is 345 g/mol. The van der Waals surface area contributed by atoms with Gasteiger partial charge in [-0.1, -0.05) is 17.3 Å². The molecule has 1 aromatic rings. The molecule has 1 aliphatic carbocycles. The molecule has 1 aliphatic heterocycles. The molecule has 0 bridgehead atoms. The fourth-order valence-corrected chi connectivity index (χ4v) is 2.93. The smallest absolute Gasteiger partial charge is 0.315 e. The molecule has 3 rings (SSSR count). The number of benzene rings is 1. The third kappa shape index (κ3) is 4.51. The molecule has 0 radical (unpaired) electrons. The van der Waals surface area contributed by atoms with Crippen LogP contribution in [0.2, 0.25) is 0 Å². The summed E-state index contributed by atoms with van der Waals surface area (Å²) in [5.74, 6) is 0.923. The predicted molar refractivity (Wildman–Crippen MR) is 93.7 cm³/mol. The molecule has 0 saturated carbocycles. The Morgan fingerprint density at radius 3 is 2.84 bits per heavy atom. The molecule has 3 atom stereocenters. The van der Waals surface area contributed by atoms with E-state index in [9.17, 15) is 4.79 Å². The van der Waals surface area contributed by atoms with Gasteiger partial charge in [-0.2, -0.15) is 0 Å². The Morgan fingerprint density at radius 2 is 2.16 bits per heavy atom. The van der Waals surface area contributed by atoms with Gasteiger partial charge in [-0.05, 0) is 36.2 Å². The quantitative estimate of drug-likeness (QED) is 0.680. The number of hydrogen-bond acceptors (Lipinski definition) is 5. The summed E-state index contributed by atoms with van der Waals surface area (Å²) < 4.78 is 5.14. The molecular weight excluding hydrogens is 322 g/mol. The standard InChI is InChI=1S/C18H23N3O4/c1-24-15-6-3-13(4-7-15)17-9-16(25-21-17)10-19-18(23)20-14-5-2-12(8-14)11-22/h2-7,12,14,16,22H,8-11H2,1H3,(H2,19,20,23)/t12-,14+,16?/m0/s1. The number of urea groups is 1. The van der Waals surface area contributed by atoms with Gasteiger partial charge in [0.1, 0.15) is 5.75 Å². The van der Waals surface area contributed by atoms with Gasteiger partial charge in [0.15, 0.2) is 6.10 Å². The lowest BCUT2D eigenvalue weighted by molar-refractivity contribution is 0.0864. The van der Waals surface area contributed by atoms with Gasteiger partial charge >= 0.3 is 6.03 Å². The molecule has 0 saturated heterocycles. The molecule has 1 unspecified atom stereocenters. The third-order valence-electron chi connectivity index (χ3n) is 4.37. The first kappa shape index (κ1) is 17.3. The summed E-state index contributed by atoms with van der Waals surface area (Å²) in [6.45, 7) is 0.493. The van der Waals surface area contributed by atoms with Crippen LogP contribution in [0.15, 0.2) is 41.6 Å². The van der Waals surface area contributed by atoms with Crippen LogP contribution in [0.25, 0.3) is 0 Å². The topological polar surface area (TPSA) is 92.2 Å². The second-order valence-corrected chi connectivity index (χ2v) is 6.22. The Bertz CT molecular complexity index is 657. The molecule has 0 fully saturated rings. The fourth-order valence-electron chi connectivity index (χ4n) is 2.93. The molecule has 1 aromatic carbocycles. The summed E-state index contributed by atoms with van der Waals surface area (Å²) in [5, 5.41) is 18.9. The summed E-state index contributed by atoms with van der Waals surface area (Å²) >= 11 is 0. The molecule has 7 heteroatoms. The Labute approximate surface area is 146 Å². The molecule has 7 nitrogen and oxygen atoms in total. The van der Waals surface area contributed by atoms with Crippen molar-refractivity contribution in [3.8, 4) is 5.75 Å². The van der Waals surface area contributed by atoms with Crippen molar-refractivity contribution < 1.29 is 19.5 Å². The van der Waals surface area contributed by atoms with Crippen LogP contribution in [0.5, 0.6) is 5.75 Å². The second kappa shape index (κ2) is 8.02. The molecule has 0 aromatic heterocycles. The Balaban J connectivity index is 1.40. The lowest BCUT2D eigenvalue weighted by atomic mass is 10.0. The summed E-state index contributed by atoms with van der Waals surface area (Å²) in [4.78, 5) is 17.3. The SMILES string of the molecule is COc1ccc(C2=NOC(CNC(=O)N[C@@H]3C=C[C@H](CO)C3)C2)cc1. The molecule has 2 amide bonds. The number of carbonyl (C=O) groups excluding carboxylic acids is 1. The maximum Gasteiger partial charge on any atom is 0.315 e. The van der Waals surface area contributed by atoms with Crippen molar-refractivity contribution in [2.75, 3.05) is 20.3 Å². The van der Waals surface area contributed by atoms with Crippen molar-refractivity contribution in [2.45, 2.75) is 25.0 Å². The van der Waals surface area contributed by atoms with E-state index in [0.717, 1.165) is 23.4 Å². The van der Waals surface area contributed by atoms with Crippen LogP contribution in [0.4, 0.5) is 4.79 Å². The first-order valence-electron chi connectivity index (χ1n) is 8.38. The van der Waals surface area contributed by atoms with Crippen molar-refractivity contribution >= 4 is 11.7 Å². The molecule has 1 heterocycles. The highest BCUT2D eigenvalue weighted by molar-refractivity contribution is 6.01. The molecule has 25 heavy (non-hydrogen) atoms. The zero-order chi connectivity index (χ0) is 17.6. The number of amides is 2. The van der Waals surface area contributed by atoms with Gasteiger partial charge in [-0.25, -0.2) is 4.79 Å². The Hall–Kier alpha value is -2.54. The zero-order valence-electron chi connectivity index (χ0n) is 14.1. The lowest BCUT2D eigenvalue weighted by Gasteiger charge is -2.15. The van der Waals surface area contributed by atoms with Crippen LogP contribution >= 0.6 is 0 Å². The zero-order valence-corrected chi connectivity index (χ0v) is 14.1. The first-order valence-corrected chi connectivity index (χ1v) is 8.38. The summed E-state index contributed by atoms with van der Waals surface area (Å²) in [6.07, 6.45) is 5.04. The van der Waals surface area contributed by atoms with Crippen LogP contribution in [-0.2, 0) is 4.84 Å². The number of aliphatic hydroxyl groups excluding tert-OH is 1. The van der Waals surface area contributed by atoms with Gasteiger partial charge in [-0.3, -0.25) is 0 Å². The van der Waals surface area contributed by atoms with Crippen molar-refractivity contribution in [1.29, 1.82) is 0 Å². The van der Waals surface area contributed by atoms with E-state index in [1.165, 1.54) is 0 Å². The van der Waals surface area contributed by atoms with Crippen LogP contribution in [0, 0.1) is 5.92 Å². The Kier molecular flexibility index (Phi) is 5.55. The highest BCUT2D eigenvalue weighted by atomic mass is 16.6. The van der Waals surface area contributed by atoms with Gasteiger partial charge in [-0.15, -0.1) is 0 Å². The van der Waals surface area contributed by atoms with Crippen molar-refractivity contribution in [3.05, 3.63) is 42.0 Å². The number of aliphatic hydroxyl groups is 1. The number of hydrogen-bond donors (Lipinski definition) is 3. The van der Waals surface area contributed by atoms with E-state index < -0.39 is 0 Å². The number of rotatable bonds is 6. The normalized spacial score (nSPS) is 24.6.